The van der Waals surface area contributed by atoms with Crippen LogP contribution in [0.2, 0.25) is 0 Å². The van der Waals surface area contributed by atoms with Gasteiger partial charge in [0.2, 0.25) is 0 Å². The second-order valence-electron chi connectivity index (χ2n) is 14.0. The van der Waals surface area contributed by atoms with Gasteiger partial charge in [0.05, 0.1) is 32.9 Å². The molecule has 9 aromatic rings. The molecule has 0 radical (unpaired) electrons. The molecule has 2 aromatic heterocycles. The first-order valence-electron chi connectivity index (χ1n) is 17.0. The van der Waals surface area contributed by atoms with Crippen molar-refractivity contribution in [2.24, 2.45) is 0 Å². The quantitative estimate of drug-likeness (QED) is 0.182. The third kappa shape index (κ3) is 4.47. The van der Waals surface area contributed by atoms with Crippen LogP contribution in [0.25, 0.3) is 76.0 Å². The molecule has 0 atom stereocenters. The van der Waals surface area contributed by atoms with E-state index in [1.54, 1.807) is 48.5 Å². The molecule has 4 N–H and O–H groups in total. The normalized spacial score (nSPS) is 11.9. The van der Waals surface area contributed by atoms with E-state index in [0.29, 0.717) is 44.3 Å². The second-order valence-corrected chi connectivity index (χ2v) is 14.0. The van der Waals surface area contributed by atoms with E-state index in [0.717, 1.165) is 65.3 Å². The lowest BCUT2D eigenvalue weighted by Crippen LogP contribution is -2.25. The fraction of sp³-hybridized carbons (Fsp3) is 0.0909. The second kappa shape index (κ2) is 10.8. The molecule has 8 nitrogen and oxygen atoms in total. The summed E-state index contributed by atoms with van der Waals surface area (Å²) < 4.78 is 2.53. The Bertz CT molecular complexity index is 2910. The molecule has 0 fully saturated rings. The molecule has 0 bridgehead atoms. The van der Waals surface area contributed by atoms with Crippen LogP contribution in [0.4, 0.5) is 11.4 Å². The highest BCUT2D eigenvalue weighted by atomic mass is 16.2. The third-order valence-corrected chi connectivity index (χ3v) is 10.4. The maximum Gasteiger partial charge on any atom is 0.266 e. The Morgan fingerprint density at radius 1 is 0.346 bits per heavy atom. The van der Waals surface area contributed by atoms with E-state index in [1.807, 2.05) is 76.2 Å². The van der Waals surface area contributed by atoms with Crippen LogP contribution in [-0.4, -0.2) is 9.13 Å². The van der Waals surface area contributed by atoms with Crippen molar-refractivity contribution in [1.82, 2.24) is 9.13 Å². The minimum absolute atomic E-state index is 0.352. The topological polar surface area (TPSA) is 130 Å². The predicted octanol–water partition coefficient (Wildman–Crippen LogP) is 7.46. The molecule has 0 spiro atoms. The van der Waals surface area contributed by atoms with Crippen LogP contribution in [0.3, 0.4) is 0 Å². The van der Waals surface area contributed by atoms with E-state index < -0.39 is 0 Å². The number of aromatic nitrogens is 2. The number of nitrogens with two attached hydrogens (primary N) is 2. The molecule has 0 aliphatic carbocycles. The molecule has 252 valence electrons. The van der Waals surface area contributed by atoms with E-state index in [9.17, 15) is 19.2 Å². The van der Waals surface area contributed by atoms with Crippen molar-refractivity contribution in [3.63, 3.8) is 0 Å². The van der Waals surface area contributed by atoms with Crippen molar-refractivity contribution in [2.75, 3.05) is 11.5 Å². The van der Waals surface area contributed by atoms with Crippen LogP contribution in [0.5, 0.6) is 0 Å². The average Bonchev–Trinajstić information content (AvgIpc) is 3.45. The zero-order valence-electron chi connectivity index (χ0n) is 28.9. The highest BCUT2D eigenvalue weighted by Crippen LogP contribution is 2.30. The summed E-state index contributed by atoms with van der Waals surface area (Å²) in [5.74, 6) is 0. The Morgan fingerprint density at radius 2 is 0.577 bits per heavy atom. The number of rotatable bonds is 2. The van der Waals surface area contributed by atoms with Crippen molar-refractivity contribution in [1.29, 1.82) is 0 Å². The summed E-state index contributed by atoms with van der Waals surface area (Å²) in [4.78, 5) is 54.9. The summed E-state index contributed by atoms with van der Waals surface area (Å²) in [7, 11) is 0. The molecule has 7 aromatic carbocycles. The maximum atomic E-state index is 13.7. The number of aryl methyl sites for hydroxylation is 4. The molecule has 0 unspecified atom stereocenters. The zero-order chi connectivity index (χ0) is 36.3. The molecule has 0 amide bonds. The number of anilines is 2. The summed E-state index contributed by atoms with van der Waals surface area (Å²) >= 11 is 0. The Morgan fingerprint density at radius 3 is 0.808 bits per heavy atom. The molecule has 0 aliphatic rings. The fourth-order valence-electron chi connectivity index (χ4n) is 8.17. The minimum atomic E-state index is -0.352. The van der Waals surface area contributed by atoms with Crippen LogP contribution in [-0.2, 0) is 0 Å². The van der Waals surface area contributed by atoms with Gasteiger partial charge in [0.1, 0.15) is 0 Å². The Balaban J connectivity index is 1.22. The lowest BCUT2D eigenvalue weighted by molar-refractivity contribution is 0.965. The molecular formula is C44H32N4O4. The van der Waals surface area contributed by atoms with E-state index in [4.69, 9.17) is 11.5 Å². The largest absolute Gasteiger partial charge is 0.399 e. The first-order valence-corrected chi connectivity index (χ1v) is 17.0. The van der Waals surface area contributed by atoms with E-state index in [1.165, 1.54) is 9.13 Å². The molecule has 52 heavy (non-hydrogen) atoms. The van der Waals surface area contributed by atoms with E-state index >= 15 is 0 Å². The number of hydrogen-bond donors (Lipinski definition) is 2. The zero-order valence-corrected chi connectivity index (χ0v) is 28.9. The Labute approximate surface area is 295 Å². The van der Waals surface area contributed by atoms with Gasteiger partial charge in [-0.3, -0.25) is 19.2 Å². The van der Waals surface area contributed by atoms with Crippen LogP contribution < -0.4 is 33.7 Å². The van der Waals surface area contributed by atoms with Crippen molar-refractivity contribution in [2.45, 2.75) is 27.7 Å². The van der Waals surface area contributed by atoms with Crippen molar-refractivity contribution in [3.8, 4) is 11.4 Å². The lowest BCUT2D eigenvalue weighted by atomic mass is 9.99. The Hall–Kier alpha value is -6.80. The van der Waals surface area contributed by atoms with Gasteiger partial charge in [-0.1, -0.05) is 24.3 Å². The lowest BCUT2D eigenvalue weighted by Gasteiger charge is -2.10. The van der Waals surface area contributed by atoms with Gasteiger partial charge in [0.25, 0.3) is 22.2 Å². The van der Waals surface area contributed by atoms with Gasteiger partial charge in [-0.2, -0.15) is 0 Å². The molecule has 9 rings (SSSR count). The molecule has 2 heterocycles. The van der Waals surface area contributed by atoms with Gasteiger partial charge in [0, 0.05) is 11.4 Å². The maximum absolute atomic E-state index is 13.7. The van der Waals surface area contributed by atoms with Crippen molar-refractivity contribution < 1.29 is 0 Å². The number of hydrogen-bond acceptors (Lipinski definition) is 6. The van der Waals surface area contributed by atoms with Gasteiger partial charge in [-0.05, 0) is 166 Å². The molecule has 8 heteroatoms. The van der Waals surface area contributed by atoms with Crippen LogP contribution in [0, 0.1) is 27.7 Å². The van der Waals surface area contributed by atoms with Crippen LogP contribution in [0.15, 0.2) is 116 Å². The summed E-state index contributed by atoms with van der Waals surface area (Å²) in [6.45, 7) is 7.40. The molecule has 0 saturated carbocycles. The number of nitrogen functional groups attached to an aromatic ring is 2. The summed E-state index contributed by atoms with van der Waals surface area (Å²) in [5.41, 5.74) is 16.0. The van der Waals surface area contributed by atoms with Gasteiger partial charge in [0.15, 0.2) is 0 Å². The predicted molar refractivity (Wildman–Crippen MR) is 214 cm³/mol. The molecule has 0 aliphatic heterocycles. The van der Waals surface area contributed by atoms with Crippen LogP contribution >= 0.6 is 0 Å². The first kappa shape index (κ1) is 31.2. The van der Waals surface area contributed by atoms with Gasteiger partial charge < -0.3 is 11.5 Å². The van der Waals surface area contributed by atoms with Gasteiger partial charge in [-0.25, -0.2) is 9.13 Å². The van der Waals surface area contributed by atoms with Gasteiger partial charge in [-0.15, -0.1) is 0 Å². The van der Waals surface area contributed by atoms with Gasteiger partial charge >= 0.3 is 0 Å². The fourth-order valence-corrected chi connectivity index (χ4v) is 8.17. The minimum Gasteiger partial charge on any atom is -0.399 e. The van der Waals surface area contributed by atoms with Crippen molar-refractivity contribution >= 4 is 76.0 Å². The Kier molecular flexibility index (Phi) is 6.51. The first-order chi connectivity index (χ1) is 24.9. The number of nitrogens with zero attached hydrogens (tertiary/aromatic N) is 2. The monoisotopic (exact) mass is 680 g/mol. The summed E-state index contributed by atoms with van der Waals surface area (Å²) in [5, 5.41) is 8.68. The van der Waals surface area contributed by atoms with Crippen LogP contribution in [0.1, 0.15) is 22.3 Å². The molecular weight excluding hydrogens is 649 g/mol. The van der Waals surface area contributed by atoms with E-state index in [-0.39, 0.29) is 22.2 Å². The highest BCUT2D eigenvalue weighted by molar-refractivity contribution is 6.07. The SMILES string of the molecule is Cc1cc(N)cc(C)c1-n1c(=O)c2cc3cc4ccc5cc6cc7c(=O)n(-c8c(C)cc(N)cc8C)c(=O)c7cc6cc5ccc4cc3cc2c1=O. The number of benzene rings is 6. The average molecular weight is 681 g/mol. The third-order valence-electron chi connectivity index (χ3n) is 10.4. The van der Waals surface area contributed by atoms with Crippen molar-refractivity contribution in [3.05, 3.63) is 161 Å². The summed E-state index contributed by atoms with van der Waals surface area (Å²) in [6.07, 6.45) is 0. The summed E-state index contributed by atoms with van der Waals surface area (Å²) in [6, 6.07) is 30.6. The highest BCUT2D eigenvalue weighted by Gasteiger charge is 2.20. The van der Waals surface area contributed by atoms with E-state index in [2.05, 4.69) is 0 Å². The standard InChI is InChI=1S/C44H32N4O4/c1-21-9-33(45)10-22(2)39(21)47-41(49)35-17-29-13-25-5-7-27-15-31-19-37-38(44(52)48(43(37)51)40-23(3)11-34(46)12-24(40)4)20-32(31)16-28(27)8-6-26(25)14-30(29)18-36(35)42(47)50/h5-20H,45-46H2,1-4H3. The molecule has 0 saturated heterocycles. The smallest absolute Gasteiger partial charge is 0.266 e. The number of fused-ring (bicyclic) bond motifs is 6.